The zero-order chi connectivity index (χ0) is 15.7. The zero-order valence-corrected chi connectivity index (χ0v) is 12.7. The van der Waals surface area contributed by atoms with Gasteiger partial charge in [0.1, 0.15) is 0 Å². The molecule has 0 fully saturated rings. The summed E-state index contributed by atoms with van der Waals surface area (Å²) in [4.78, 5) is 0. The lowest BCUT2D eigenvalue weighted by atomic mass is 9.84. The maximum atomic E-state index is 13.8. The predicted molar refractivity (Wildman–Crippen MR) is 83.0 cm³/mol. The Morgan fingerprint density at radius 2 is 1.73 bits per heavy atom. The number of aryl methyl sites for hydroxylation is 2. The molecule has 0 aromatic heterocycles. The van der Waals surface area contributed by atoms with Crippen LogP contribution in [0.2, 0.25) is 0 Å². The molecule has 0 heterocycles. The molecule has 1 aliphatic rings. The molecule has 3 rings (SSSR count). The van der Waals surface area contributed by atoms with Gasteiger partial charge in [-0.05, 0) is 67.0 Å². The smallest absolute Gasteiger partial charge is 0.159 e. The maximum absolute atomic E-state index is 13.8. The van der Waals surface area contributed by atoms with Crippen molar-refractivity contribution < 1.29 is 13.9 Å². The van der Waals surface area contributed by atoms with E-state index in [1.54, 1.807) is 6.92 Å². The van der Waals surface area contributed by atoms with Crippen LogP contribution < -0.4 is 0 Å². The molecule has 2 unspecified atom stereocenters. The molecule has 22 heavy (non-hydrogen) atoms. The van der Waals surface area contributed by atoms with E-state index in [9.17, 15) is 13.9 Å². The van der Waals surface area contributed by atoms with Gasteiger partial charge in [-0.3, -0.25) is 0 Å². The normalized spacial score (nSPS) is 18.3. The molecule has 1 nitrogen and oxygen atoms in total. The summed E-state index contributed by atoms with van der Waals surface area (Å²) >= 11 is 0. The number of fused-ring (bicyclic) bond motifs is 2. The molecule has 2 aromatic rings. The topological polar surface area (TPSA) is 20.2 Å². The Morgan fingerprint density at radius 1 is 1.05 bits per heavy atom. The quantitative estimate of drug-likeness (QED) is 0.893. The number of benzene rings is 2. The van der Waals surface area contributed by atoms with E-state index in [0.29, 0.717) is 12.8 Å². The predicted octanol–water partition coefficient (Wildman–Crippen LogP) is 4.36. The Hall–Kier alpha value is -1.74. The monoisotopic (exact) mass is 302 g/mol. The maximum Gasteiger partial charge on any atom is 0.159 e. The summed E-state index contributed by atoms with van der Waals surface area (Å²) in [7, 11) is 0. The minimum absolute atomic E-state index is 0.0124. The van der Waals surface area contributed by atoms with Crippen LogP contribution >= 0.6 is 0 Å². The molecule has 0 spiro atoms. The van der Waals surface area contributed by atoms with Crippen molar-refractivity contribution in [3.8, 4) is 0 Å². The summed E-state index contributed by atoms with van der Waals surface area (Å²) in [6.45, 7) is 1.76. The Balaban J connectivity index is 2.10. The molecular weight excluding hydrogens is 282 g/mol. The highest BCUT2D eigenvalue weighted by molar-refractivity contribution is 5.45. The molecule has 0 aliphatic heterocycles. The second kappa shape index (κ2) is 6.17. The summed E-state index contributed by atoms with van der Waals surface area (Å²) in [6, 6.07) is 10.8. The van der Waals surface area contributed by atoms with Gasteiger partial charge in [0.2, 0.25) is 0 Å². The summed E-state index contributed by atoms with van der Waals surface area (Å²) in [6.07, 6.45) is 2.52. The Labute approximate surface area is 129 Å². The fourth-order valence-electron chi connectivity index (χ4n) is 3.40. The molecule has 0 saturated carbocycles. The van der Waals surface area contributed by atoms with Gasteiger partial charge < -0.3 is 5.11 Å². The fourth-order valence-corrected chi connectivity index (χ4v) is 3.40. The lowest BCUT2D eigenvalue weighted by Gasteiger charge is -2.21. The number of halogens is 2. The van der Waals surface area contributed by atoms with Gasteiger partial charge in [-0.15, -0.1) is 0 Å². The first-order valence-electron chi connectivity index (χ1n) is 7.80. The van der Waals surface area contributed by atoms with Crippen LogP contribution in [0.5, 0.6) is 0 Å². The van der Waals surface area contributed by atoms with E-state index < -0.39 is 17.7 Å². The van der Waals surface area contributed by atoms with Crippen LogP contribution in [0.1, 0.15) is 47.9 Å². The third-order valence-corrected chi connectivity index (χ3v) is 4.52. The van der Waals surface area contributed by atoms with E-state index in [4.69, 9.17) is 0 Å². The van der Waals surface area contributed by atoms with Crippen LogP contribution in [0.3, 0.4) is 0 Å². The first kappa shape index (κ1) is 15.2. The van der Waals surface area contributed by atoms with Crippen LogP contribution in [0, 0.1) is 11.6 Å². The summed E-state index contributed by atoms with van der Waals surface area (Å²) in [5.74, 6) is -1.56. The number of hydrogen-bond acceptors (Lipinski definition) is 1. The van der Waals surface area contributed by atoms with E-state index in [1.807, 2.05) is 12.1 Å². The number of aliphatic hydroxyl groups excluding tert-OH is 1. The molecule has 2 aromatic carbocycles. The molecule has 3 heteroatoms. The average Bonchev–Trinajstić information content (AvgIpc) is 2.63. The van der Waals surface area contributed by atoms with E-state index in [2.05, 4.69) is 12.1 Å². The van der Waals surface area contributed by atoms with Crippen LogP contribution in [-0.4, -0.2) is 11.2 Å². The highest BCUT2D eigenvalue weighted by atomic mass is 19.2. The van der Waals surface area contributed by atoms with E-state index in [-0.39, 0.29) is 5.92 Å². The highest BCUT2D eigenvalue weighted by Crippen LogP contribution is 2.38. The molecule has 0 bridgehead atoms. The van der Waals surface area contributed by atoms with Gasteiger partial charge in [0, 0.05) is 5.92 Å². The second-order valence-electron chi connectivity index (χ2n) is 6.14. The van der Waals surface area contributed by atoms with Crippen molar-refractivity contribution in [1.82, 2.24) is 0 Å². The average molecular weight is 302 g/mol. The third-order valence-electron chi connectivity index (χ3n) is 4.52. The highest BCUT2D eigenvalue weighted by Gasteiger charge is 2.25. The van der Waals surface area contributed by atoms with Crippen molar-refractivity contribution in [3.63, 3.8) is 0 Å². The van der Waals surface area contributed by atoms with Gasteiger partial charge >= 0.3 is 0 Å². The van der Waals surface area contributed by atoms with Gasteiger partial charge in [-0.1, -0.05) is 24.3 Å². The minimum atomic E-state index is -0.792. The molecule has 0 saturated heterocycles. The fraction of sp³-hybridized carbons (Fsp3) is 0.368. The molecule has 0 radical (unpaired) electrons. The van der Waals surface area contributed by atoms with Crippen molar-refractivity contribution in [2.75, 3.05) is 0 Å². The van der Waals surface area contributed by atoms with Crippen molar-refractivity contribution in [1.29, 1.82) is 0 Å². The third kappa shape index (κ3) is 2.91. The van der Waals surface area contributed by atoms with Crippen LogP contribution in [-0.2, 0) is 12.8 Å². The van der Waals surface area contributed by atoms with E-state index >= 15 is 0 Å². The largest absolute Gasteiger partial charge is 0.393 e. The van der Waals surface area contributed by atoms with Gasteiger partial charge in [0.15, 0.2) is 11.6 Å². The van der Waals surface area contributed by atoms with Gasteiger partial charge in [0.05, 0.1) is 6.10 Å². The van der Waals surface area contributed by atoms with Gasteiger partial charge in [0.25, 0.3) is 0 Å². The minimum Gasteiger partial charge on any atom is -0.393 e. The lowest BCUT2D eigenvalue weighted by molar-refractivity contribution is 0.180. The van der Waals surface area contributed by atoms with Crippen molar-refractivity contribution in [2.45, 2.75) is 44.6 Å². The Kier molecular flexibility index (Phi) is 4.25. The summed E-state index contributed by atoms with van der Waals surface area (Å²) in [5.41, 5.74) is 4.15. The SMILES string of the molecule is CC(O)CCC1c2ccccc2CCc2cc(F)c(F)cc21. The van der Waals surface area contributed by atoms with Crippen LogP contribution in [0.15, 0.2) is 36.4 Å². The lowest BCUT2D eigenvalue weighted by Crippen LogP contribution is -2.09. The summed E-state index contributed by atoms with van der Waals surface area (Å²) < 4.78 is 27.4. The van der Waals surface area contributed by atoms with Crippen LogP contribution in [0.25, 0.3) is 0 Å². The Morgan fingerprint density at radius 3 is 2.50 bits per heavy atom. The first-order chi connectivity index (χ1) is 10.6. The van der Waals surface area contributed by atoms with Crippen molar-refractivity contribution >= 4 is 0 Å². The van der Waals surface area contributed by atoms with E-state index in [1.165, 1.54) is 23.3 Å². The van der Waals surface area contributed by atoms with Crippen LogP contribution in [0.4, 0.5) is 8.78 Å². The number of hydrogen-bond donors (Lipinski definition) is 1. The second-order valence-corrected chi connectivity index (χ2v) is 6.14. The first-order valence-corrected chi connectivity index (χ1v) is 7.80. The zero-order valence-electron chi connectivity index (χ0n) is 12.7. The molecule has 0 amide bonds. The number of rotatable bonds is 3. The molecule has 2 atom stereocenters. The van der Waals surface area contributed by atoms with E-state index in [0.717, 1.165) is 24.0 Å². The Bertz CT molecular complexity index is 679. The van der Waals surface area contributed by atoms with Gasteiger partial charge in [-0.25, -0.2) is 8.78 Å². The van der Waals surface area contributed by atoms with Gasteiger partial charge in [-0.2, -0.15) is 0 Å². The molecule has 1 aliphatic carbocycles. The number of aliphatic hydroxyl groups is 1. The standard InChI is InChI=1S/C19H20F2O/c1-12(22)6-9-16-15-5-3-2-4-13(15)7-8-14-10-18(20)19(21)11-17(14)16/h2-5,10-12,16,22H,6-9H2,1H3. The molecule has 116 valence electrons. The molecular formula is C19H20F2O. The van der Waals surface area contributed by atoms with Crippen molar-refractivity contribution in [2.24, 2.45) is 0 Å². The van der Waals surface area contributed by atoms with Crippen molar-refractivity contribution in [3.05, 3.63) is 70.3 Å². The summed E-state index contributed by atoms with van der Waals surface area (Å²) in [5, 5.41) is 9.61. The molecule has 1 N–H and O–H groups in total.